The van der Waals surface area contributed by atoms with E-state index in [1.54, 1.807) is 0 Å². The van der Waals surface area contributed by atoms with E-state index in [1.807, 2.05) is 0 Å². The van der Waals surface area contributed by atoms with Gasteiger partial charge in [-0.25, -0.2) is 0 Å². The van der Waals surface area contributed by atoms with E-state index >= 15 is 0 Å². The highest BCUT2D eigenvalue weighted by Crippen LogP contribution is 2.64. The molecule has 0 aromatic carbocycles. The molecule has 0 fully saturated rings. The summed E-state index contributed by atoms with van der Waals surface area (Å²) in [5.41, 5.74) is 0. The molecule has 0 saturated carbocycles. The molecule has 0 rings (SSSR count). The molecule has 0 aliphatic heterocycles. The van der Waals surface area contributed by atoms with Crippen molar-refractivity contribution in [1.82, 2.24) is 0 Å². The first-order chi connectivity index (χ1) is 14.4. The molecule has 0 unspecified atom stereocenters. The van der Waals surface area contributed by atoms with Crippen LogP contribution in [-0.4, -0.2) is 64.5 Å². The Hall–Kier alpha value is -1.24. The Morgan fingerprint density at radius 2 is 0.882 bits per heavy atom. The van der Waals surface area contributed by atoms with Crippen LogP contribution < -0.4 is 0 Å². The first-order valence-corrected chi connectivity index (χ1v) is 8.75. The lowest BCUT2D eigenvalue weighted by Crippen LogP contribution is -2.74. The second-order valence-corrected chi connectivity index (χ2v) is 8.99. The molecule has 0 radical (unpaired) electrons. The van der Waals surface area contributed by atoms with Crippen molar-refractivity contribution in [1.29, 1.82) is 0 Å². The number of hydrogen-bond donors (Lipinski definition) is 0. The van der Waals surface area contributed by atoms with Crippen LogP contribution in [0.5, 0.6) is 0 Å². The van der Waals surface area contributed by atoms with Gasteiger partial charge in [0, 0.05) is 0 Å². The van der Waals surface area contributed by atoms with Gasteiger partial charge < -0.3 is 4.74 Å². The predicted octanol–water partition coefficient (Wildman–Crippen LogP) is 7.10. The molecule has 204 valence electrons. The van der Waals surface area contributed by atoms with E-state index in [-0.39, 0.29) is 0 Å². The number of alkyl halides is 18. The van der Waals surface area contributed by atoms with Gasteiger partial charge in [-0.2, -0.15) is 74.6 Å². The summed E-state index contributed by atoms with van der Waals surface area (Å²) in [6.45, 7) is -0.0116. The van der Waals surface area contributed by atoms with Gasteiger partial charge in [0.2, 0.25) is 0 Å². The van der Waals surface area contributed by atoms with Crippen molar-refractivity contribution < 1.29 is 84.2 Å². The van der Waals surface area contributed by atoms with E-state index in [1.165, 1.54) is 0 Å². The fourth-order valence-corrected chi connectivity index (χ4v) is 1.91. The Balaban J connectivity index is 6.32. The standard InChI is InChI=1S/C14H10BrF17O2/c1-6(2,15)5(33)34-4-3-7(16,17)8(18,19)9(20,21)10(22,23)11(24,25)12(26,27)13(28,29)14(30,31)32/h3-4H2,1-2H3. The molecule has 0 aromatic heterocycles. The van der Waals surface area contributed by atoms with Crippen LogP contribution in [0.3, 0.4) is 0 Å². The molecule has 0 heterocycles. The molecule has 0 aliphatic carbocycles. The van der Waals surface area contributed by atoms with Gasteiger partial charge in [0.05, 0.1) is 13.0 Å². The maximum Gasteiger partial charge on any atom is 0.460 e. The largest absolute Gasteiger partial charge is 0.464 e. The number of hydrogen-bond acceptors (Lipinski definition) is 2. The summed E-state index contributed by atoms with van der Waals surface area (Å²) >= 11 is 2.57. The highest BCUT2D eigenvalue weighted by molar-refractivity contribution is 9.10. The first-order valence-electron chi connectivity index (χ1n) is 7.95. The molecule has 20 heteroatoms. The van der Waals surface area contributed by atoms with E-state index in [0.29, 0.717) is 0 Å². The van der Waals surface area contributed by atoms with Gasteiger partial charge in [-0.3, -0.25) is 4.79 Å². The molecule has 0 spiro atoms. The zero-order valence-corrected chi connectivity index (χ0v) is 17.6. The summed E-state index contributed by atoms with van der Waals surface area (Å²) in [6.07, 6.45) is -10.6. The van der Waals surface area contributed by atoms with Gasteiger partial charge in [-0.15, -0.1) is 0 Å². The van der Waals surface area contributed by atoms with Crippen molar-refractivity contribution >= 4 is 21.9 Å². The number of esters is 1. The fraction of sp³-hybridized carbons (Fsp3) is 0.929. The van der Waals surface area contributed by atoms with Crippen LogP contribution in [0.1, 0.15) is 20.3 Å². The molecule has 0 aromatic rings. The van der Waals surface area contributed by atoms with Gasteiger partial charge in [0.1, 0.15) is 4.32 Å². The van der Waals surface area contributed by atoms with Crippen molar-refractivity contribution in [3.05, 3.63) is 0 Å². The van der Waals surface area contributed by atoms with Crippen molar-refractivity contribution in [2.75, 3.05) is 6.61 Å². The van der Waals surface area contributed by atoms with Crippen molar-refractivity contribution in [2.45, 2.75) is 72.2 Å². The van der Waals surface area contributed by atoms with E-state index in [2.05, 4.69) is 20.7 Å². The smallest absolute Gasteiger partial charge is 0.460 e. The molecule has 2 nitrogen and oxygen atoms in total. The number of halogens is 18. The lowest BCUT2D eigenvalue weighted by molar-refractivity contribution is -0.461. The minimum atomic E-state index is -8.67. The topological polar surface area (TPSA) is 26.3 Å². The zero-order valence-electron chi connectivity index (χ0n) is 16.0. The third kappa shape index (κ3) is 4.87. The SMILES string of the molecule is CC(C)(Br)C(=O)OCCC(F)(F)C(F)(F)C(F)(F)C(F)(F)C(F)(F)C(F)(F)C(F)(F)C(F)(F)F. The van der Waals surface area contributed by atoms with Gasteiger partial charge in [0.25, 0.3) is 0 Å². The normalized spacial score (nSPS) is 16.0. The third-order valence-electron chi connectivity index (χ3n) is 3.92. The second kappa shape index (κ2) is 8.70. The molecular formula is C14H10BrF17O2. The first kappa shape index (κ1) is 32.8. The van der Waals surface area contributed by atoms with Crippen LogP contribution in [-0.2, 0) is 9.53 Å². The third-order valence-corrected chi connectivity index (χ3v) is 4.25. The summed E-state index contributed by atoms with van der Waals surface area (Å²) in [4.78, 5) is 11.3. The van der Waals surface area contributed by atoms with Crippen LogP contribution >= 0.6 is 15.9 Å². The molecule has 0 atom stereocenters. The van der Waals surface area contributed by atoms with E-state index in [0.717, 1.165) is 13.8 Å². The Morgan fingerprint density at radius 1 is 0.588 bits per heavy atom. The quantitative estimate of drug-likeness (QED) is 0.149. The Bertz CT molecular complexity index is 750. The van der Waals surface area contributed by atoms with Crippen LogP contribution in [0.4, 0.5) is 74.6 Å². The highest BCUT2D eigenvalue weighted by Gasteiger charge is 2.95. The average Bonchev–Trinajstić information content (AvgIpc) is 2.58. The highest BCUT2D eigenvalue weighted by atomic mass is 79.9. The molecule has 0 N–H and O–H groups in total. The average molecular weight is 613 g/mol. The fourth-order valence-electron chi connectivity index (χ4n) is 1.80. The molecule has 34 heavy (non-hydrogen) atoms. The molecule has 0 saturated heterocycles. The molecule has 0 aliphatic rings. The van der Waals surface area contributed by atoms with Gasteiger partial charge in [-0.05, 0) is 13.8 Å². The minimum Gasteiger partial charge on any atom is -0.464 e. The van der Waals surface area contributed by atoms with E-state index in [4.69, 9.17) is 0 Å². The van der Waals surface area contributed by atoms with Crippen LogP contribution in [0.25, 0.3) is 0 Å². The van der Waals surface area contributed by atoms with Gasteiger partial charge >= 0.3 is 53.6 Å². The van der Waals surface area contributed by atoms with Crippen LogP contribution in [0, 0.1) is 0 Å². The summed E-state index contributed by atoms with van der Waals surface area (Å²) in [7, 11) is 0. The van der Waals surface area contributed by atoms with Gasteiger partial charge in [0.15, 0.2) is 0 Å². The van der Waals surface area contributed by atoms with Crippen molar-refractivity contribution in [3.8, 4) is 0 Å². The number of rotatable bonds is 10. The zero-order chi connectivity index (χ0) is 28.2. The lowest BCUT2D eigenvalue weighted by Gasteiger charge is -2.42. The van der Waals surface area contributed by atoms with Crippen molar-refractivity contribution in [3.63, 3.8) is 0 Å². The summed E-state index contributed by atoms with van der Waals surface area (Å²) < 4.78 is 224. The number of ether oxygens (including phenoxy) is 1. The summed E-state index contributed by atoms with van der Waals surface area (Å²) in [5, 5.41) is 0. The Labute approximate surface area is 185 Å². The maximum absolute atomic E-state index is 13.6. The summed E-state index contributed by atoms with van der Waals surface area (Å²) in [5.74, 6) is -58.3. The second-order valence-electron chi connectivity index (χ2n) is 7.01. The minimum absolute atomic E-state index is 0.982. The summed E-state index contributed by atoms with van der Waals surface area (Å²) in [6, 6.07) is 0. The monoisotopic (exact) mass is 612 g/mol. The van der Waals surface area contributed by atoms with Crippen LogP contribution in [0.15, 0.2) is 0 Å². The molecule has 0 bridgehead atoms. The Morgan fingerprint density at radius 3 is 1.18 bits per heavy atom. The van der Waals surface area contributed by atoms with Crippen LogP contribution in [0.2, 0.25) is 0 Å². The number of carbonyl (C=O) groups excluding carboxylic acids is 1. The molecular weight excluding hydrogens is 603 g/mol. The predicted molar refractivity (Wildman–Crippen MR) is 79.3 cm³/mol. The van der Waals surface area contributed by atoms with E-state index < -0.39 is 71.0 Å². The maximum atomic E-state index is 13.6. The van der Waals surface area contributed by atoms with E-state index in [9.17, 15) is 79.4 Å². The number of carbonyl (C=O) groups is 1. The van der Waals surface area contributed by atoms with Crippen molar-refractivity contribution in [2.24, 2.45) is 0 Å². The van der Waals surface area contributed by atoms with Gasteiger partial charge in [-0.1, -0.05) is 15.9 Å². The molecule has 0 amide bonds. The lowest BCUT2D eigenvalue weighted by atomic mass is 9.88. The Kier molecular flexibility index (Phi) is 8.39.